The Bertz CT molecular complexity index is 2220. The van der Waals surface area contributed by atoms with Gasteiger partial charge in [0.05, 0.1) is 43.0 Å². The minimum atomic E-state index is -1.95. The highest BCUT2D eigenvalue weighted by molar-refractivity contribution is 5.80. The van der Waals surface area contributed by atoms with Gasteiger partial charge in [0.15, 0.2) is 18.7 Å². The lowest BCUT2D eigenvalue weighted by atomic mass is 9.33. The van der Waals surface area contributed by atoms with E-state index in [1.165, 1.54) is 6.92 Å². The Hall–Kier alpha value is -2.74. The molecule has 21 nitrogen and oxygen atoms in total. The number of esters is 1. The van der Waals surface area contributed by atoms with E-state index in [9.17, 15) is 60.3 Å². The number of hydrogen-bond acceptors (Lipinski definition) is 19. The Morgan fingerprint density at radius 1 is 0.700 bits per heavy atom. The molecule has 80 heavy (non-hydrogen) atoms. The molecule has 0 aromatic rings. The van der Waals surface area contributed by atoms with Crippen molar-refractivity contribution in [1.82, 2.24) is 5.32 Å². The number of carbonyl (C=O) groups is 4. The molecule has 5 aliphatic carbocycles. The summed E-state index contributed by atoms with van der Waals surface area (Å²) in [5.74, 6) is -2.57. The van der Waals surface area contributed by atoms with Crippen molar-refractivity contribution in [2.45, 2.75) is 269 Å². The largest absolute Gasteiger partial charge is 0.481 e. The molecule has 0 spiro atoms. The Labute approximate surface area is 470 Å². The zero-order valence-electron chi connectivity index (χ0n) is 48.0. The minimum Gasteiger partial charge on any atom is -0.481 e. The third-order valence-electron chi connectivity index (χ3n) is 21.8. The number of carboxylic acid groups (broad SMARTS) is 1. The fourth-order valence-corrected chi connectivity index (χ4v) is 16.7. The monoisotopic (exact) mass is 1140 g/mol. The van der Waals surface area contributed by atoms with Crippen molar-refractivity contribution < 1.29 is 98.7 Å². The Morgan fingerprint density at radius 3 is 1.99 bits per heavy atom. The highest BCUT2D eigenvalue weighted by atomic mass is 16.8. The summed E-state index contributed by atoms with van der Waals surface area (Å²) in [7, 11) is 0. The fraction of sp³-hybridized carbons (Fsp3) is 0.898. The van der Waals surface area contributed by atoms with Gasteiger partial charge in [0, 0.05) is 12.8 Å². The maximum atomic E-state index is 15.7. The molecule has 24 atom stereocenters. The van der Waals surface area contributed by atoms with Gasteiger partial charge in [0.25, 0.3) is 0 Å². The standard InChI is InChI=1S/C59H95NO20/c1-31-48(78-50-46(72)43(69)34(63)29-75-50)45(71)47(73)51(76-31)79-49-44(70)42(60-40(66)16-14-12-10-8-9-11-13-15-17-41(67)68)35(28-61)77-52(49)80-53(74)59-25-24-54(2,3)26-33(59)32-18-19-37-55(4)22-21-38(64)56(5,30-62)36(55)20-23-57(37,6)58(32,7)27-39(59)65/h18,30-31,33-39,42-52,61,63-65,69-73H,8-17,19-29H2,1-7H3,(H,60,66)(H,67,68)/t31?,33?,34-,35?,36-,37?,38+,39+,42+,43?,44?,45?,46?,47?,48+,49?,50+,51+,52+,55?,56?,57?,58-,59-/m1/s1. The van der Waals surface area contributed by atoms with Gasteiger partial charge in [-0.05, 0) is 117 Å². The van der Waals surface area contributed by atoms with Crippen LogP contribution < -0.4 is 5.32 Å². The maximum absolute atomic E-state index is 15.7. The molecule has 13 unspecified atom stereocenters. The van der Waals surface area contributed by atoms with Crippen LogP contribution in [0.15, 0.2) is 11.6 Å². The van der Waals surface area contributed by atoms with E-state index in [1.54, 1.807) is 0 Å². The second-order valence-corrected chi connectivity index (χ2v) is 27.1. The SMILES string of the molecule is CC1O[C@@H](OC2C(O)[C@@H](NC(=O)CCCCCCCCCCC(=O)O)C(CO)O[C@H]2OC(=O)[C@]23CCC(C)(C)CC2C2=CCC4C5(C)CC[C@H](O)C(C)(C=O)[C@@H]5CCC4(C)[C@]2(C)C[C@@H]3O)C(O)C(O)[C@H]1O[C@@H]1OC[C@@H](O)C(O)C1O. The van der Waals surface area contributed by atoms with E-state index < -0.39 is 151 Å². The average molecular weight is 1140 g/mol. The van der Waals surface area contributed by atoms with Crippen LogP contribution in [-0.4, -0.2) is 187 Å². The van der Waals surface area contributed by atoms with Crippen LogP contribution in [0.2, 0.25) is 0 Å². The zero-order valence-corrected chi connectivity index (χ0v) is 48.0. The first-order valence-corrected chi connectivity index (χ1v) is 29.8. The molecule has 8 rings (SSSR count). The molecular formula is C59H95NO20. The minimum absolute atomic E-state index is 0.0471. The lowest BCUT2D eigenvalue weighted by Crippen LogP contribution is -2.69. The average Bonchev–Trinajstić information content (AvgIpc) is 3.42. The van der Waals surface area contributed by atoms with E-state index >= 15 is 4.79 Å². The van der Waals surface area contributed by atoms with Gasteiger partial charge < -0.3 is 89.6 Å². The maximum Gasteiger partial charge on any atom is 0.317 e. The molecule has 8 aliphatic rings. The smallest absolute Gasteiger partial charge is 0.317 e. The van der Waals surface area contributed by atoms with E-state index in [2.05, 4.69) is 46.0 Å². The third-order valence-corrected chi connectivity index (χ3v) is 21.8. The molecule has 21 heteroatoms. The number of aliphatic hydroxyl groups is 9. The third kappa shape index (κ3) is 11.6. The first-order valence-electron chi connectivity index (χ1n) is 29.8. The van der Waals surface area contributed by atoms with Gasteiger partial charge in [-0.1, -0.05) is 91.7 Å². The molecule has 4 saturated carbocycles. The van der Waals surface area contributed by atoms with Gasteiger partial charge in [-0.25, -0.2) is 0 Å². The molecule has 0 radical (unpaired) electrons. The number of amides is 1. The van der Waals surface area contributed by atoms with E-state index in [4.69, 9.17) is 33.5 Å². The molecular weight excluding hydrogens is 1040 g/mol. The number of ether oxygens (including phenoxy) is 6. The van der Waals surface area contributed by atoms with Gasteiger partial charge in [0.2, 0.25) is 12.2 Å². The fourth-order valence-electron chi connectivity index (χ4n) is 16.7. The molecule has 0 aromatic heterocycles. The van der Waals surface area contributed by atoms with Crippen LogP contribution in [0.4, 0.5) is 0 Å². The number of carboxylic acids is 1. The van der Waals surface area contributed by atoms with Gasteiger partial charge in [-0.15, -0.1) is 0 Å². The molecule has 7 fully saturated rings. The van der Waals surface area contributed by atoms with Crippen molar-refractivity contribution in [3.05, 3.63) is 11.6 Å². The normalized spacial score (nSPS) is 47.0. The number of aldehydes is 1. The number of rotatable bonds is 20. The van der Waals surface area contributed by atoms with Crippen molar-refractivity contribution in [2.24, 2.45) is 50.2 Å². The van der Waals surface area contributed by atoms with E-state index in [1.807, 2.05) is 6.92 Å². The summed E-state index contributed by atoms with van der Waals surface area (Å²) in [6.45, 7) is 13.3. The predicted molar refractivity (Wildman–Crippen MR) is 284 cm³/mol. The highest BCUT2D eigenvalue weighted by Crippen LogP contribution is 2.76. The van der Waals surface area contributed by atoms with Crippen LogP contribution in [0, 0.1) is 50.2 Å². The second-order valence-electron chi connectivity index (χ2n) is 27.1. The van der Waals surface area contributed by atoms with Gasteiger partial charge in [-0.2, -0.15) is 0 Å². The summed E-state index contributed by atoms with van der Waals surface area (Å²) >= 11 is 0. The number of carbonyl (C=O) groups excluding carboxylic acids is 3. The van der Waals surface area contributed by atoms with Crippen molar-refractivity contribution in [3.63, 3.8) is 0 Å². The number of nitrogens with one attached hydrogen (secondary N) is 1. The number of unbranched alkanes of at least 4 members (excludes halogenated alkanes) is 7. The number of fused-ring (bicyclic) bond motifs is 7. The molecule has 3 aliphatic heterocycles. The Morgan fingerprint density at radius 2 is 1.34 bits per heavy atom. The Balaban J connectivity index is 1.04. The lowest BCUT2D eigenvalue weighted by molar-refractivity contribution is -0.370. The first-order chi connectivity index (χ1) is 37.6. The summed E-state index contributed by atoms with van der Waals surface area (Å²) in [5.41, 5.74) is -2.89. The summed E-state index contributed by atoms with van der Waals surface area (Å²) in [6.07, 6.45) is -8.54. The molecule has 11 N–H and O–H groups in total. The molecule has 1 amide bonds. The van der Waals surface area contributed by atoms with Crippen molar-refractivity contribution >= 4 is 24.1 Å². The van der Waals surface area contributed by atoms with Crippen LogP contribution in [0.3, 0.4) is 0 Å². The summed E-state index contributed by atoms with van der Waals surface area (Å²) in [5, 5.41) is 113. The van der Waals surface area contributed by atoms with Gasteiger partial charge in [-0.3, -0.25) is 14.4 Å². The van der Waals surface area contributed by atoms with Crippen LogP contribution in [0.5, 0.6) is 0 Å². The van der Waals surface area contributed by atoms with Crippen molar-refractivity contribution in [1.29, 1.82) is 0 Å². The molecule has 3 heterocycles. The van der Waals surface area contributed by atoms with E-state index in [0.29, 0.717) is 44.9 Å². The number of aliphatic hydroxyl groups excluding tert-OH is 9. The summed E-state index contributed by atoms with van der Waals surface area (Å²) in [6, 6.07) is -1.36. The lowest BCUT2D eigenvalue weighted by Gasteiger charge is -2.71. The van der Waals surface area contributed by atoms with E-state index in [-0.39, 0.29) is 53.8 Å². The predicted octanol–water partition coefficient (Wildman–Crippen LogP) is 3.07. The number of hydrogen-bond donors (Lipinski definition) is 11. The topological polar surface area (TPSA) is 338 Å². The Kier molecular flexibility index (Phi) is 19.5. The van der Waals surface area contributed by atoms with Gasteiger partial charge >= 0.3 is 11.9 Å². The number of allylic oxidation sites excluding steroid dienone is 2. The van der Waals surface area contributed by atoms with Crippen molar-refractivity contribution in [3.8, 4) is 0 Å². The molecule has 456 valence electrons. The summed E-state index contributed by atoms with van der Waals surface area (Å²) < 4.78 is 36.4. The second kappa shape index (κ2) is 24.7. The van der Waals surface area contributed by atoms with Crippen LogP contribution in [0.25, 0.3) is 0 Å². The highest BCUT2D eigenvalue weighted by Gasteiger charge is 2.72. The number of aliphatic carboxylic acids is 1. The van der Waals surface area contributed by atoms with Crippen LogP contribution >= 0.6 is 0 Å². The molecule has 3 saturated heterocycles. The first kappa shape index (κ1) is 63.3. The van der Waals surface area contributed by atoms with Gasteiger partial charge in [0.1, 0.15) is 60.5 Å². The molecule has 0 aromatic carbocycles. The summed E-state index contributed by atoms with van der Waals surface area (Å²) in [4.78, 5) is 52.9. The quantitative estimate of drug-likeness (QED) is 0.0361. The van der Waals surface area contributed by atoms with E-state index in [0.717, 1.165) is 63.2 Å². The van der Waals surface area contributed by atoms with Crippen molar-refractivity contribution in [2.75, 3.05) is 13.2 Å². The van der Waals surface area contributed by atoms with Crippen LogP contribution in [0.1, 0.15) is 170 Å². The van der Waals surface area contributed by atoms with Crippen LogP contribution in [-0.2, 0) is 47.6 Å². The zero-order chi connectivity index (χ0) is 58.5. The molecule has 0 bridgehead atoms.